The molecule has 0 amide bonds. The van der Waals surface area contributed by atoms with Gasteiger partial charge in [0.2, 0.25) is 0 Å². The van der Waals surface area contributed by atoms with Gasteiger partial charge in [0.15, 0.2) is 0 Å². The molecule has 2 saturated carbocycles. The van der Waals surface area contributed by atoms with Crippen molar-refractivity contribution in [3.63, 3.8) is 0 Å². The standard InChI is InChI=1S/C22H33NO2/c23-15-21-19(17-7-3-1-4-8-17)13-16(11-12-22(24)25)14-20(21)18-9-5-2-6-10-18/h13-14,17-18H,1-12,15,23H2,(H,24,25). The molecule has 1 aromatic carbocycles. The van der Waals surface area contributed by atoms with Crippen LogP contribution in [0, 0.1) is 0 Å². The molecule has 0 unspecified atom stereocenters. The number of carbonyl (C=O) groups is 1. The molecule has 3 N–H and O–H groups in total. The third-order valence-electron chi connectivity index (χ3n) is 6.30. The van der Waals surface area contributed by atoms with Crippen LogP contribution in [0.3, 0.4) is 0 Å². The highest BCUT2D eigenvalue weighted by atomic mass is 16.4. The molecule has 0 atom stereocenters. The summed E-state index contributed by atoms with van der Waals surface area (Å²) in [4.78, 5) is 11.0. The van der Waals surface area contributed by atoms with Gasteiger partial charge in [0.05, 0.1) is 0 Å². The second-order valence-electron chi connectivity index (χ2n) is 8.02. The lowest BCUT2D eigenvalue weighted by Gasteiger charge is -2.30. The highest BCUT2D eigenvalue weighted by Gasteiger charge is 2.25. The number of hydrogen-bond donors (Lipinski definition) is 2. The maximum Gasteiger partial charge on any atom is 0.303 e. The quantitative estimate of drug-likeness (QED) is 0.740. The van der Waals surface area contributed by atoms with Crippen LogP contribution in [0.4, 0.5) is 0 Å². The topological polar surface area (TPSA) is 63.3 Å². The molecule has 138 valence electrons. The van der Waals surface area contributed by atoms with Crippen molar-refractivity contribution in [2.45, 2.75) is 95.4 Å². The second-order valence-corrected chi connectivity index (χ2v) is 8.02. The van der Waals surface area contributed by atoms with Crippen LogP contribution in [0.25, 0.3) is 0 Å². The van der Waals surface area contributed by atoms with Crippen LogP contribution in [0.2, 0.25) is 0 Å². The van der Waals surface area contributed by atoms with E-state index in [4.69, 9.17) is 10.8 Å². The van der Waals surface area contributed by atoms with E-state index in [9.17, 15) is 4.79 Å². The molecule has 25 heavy (non-hydrogen) atoms. The number of rotatable bonds is 6. The predicted octanol–water partition coefficient (Wildman–Crippen LogP) is 5.26. The molecule has 2 fully saturated rings. The maximum atomic E-state index is 11.0. The van der Waals surface area contributed by atoms with E-state index < -0.39 is 5.97 Å². The van der Waals surface area contributed by atoms with Crippen molar-refractivity contribution in [2.75, 3.05) is 0 Å². The number of hydrogen-bond acceptors (Lipinski definition) is 2. The summed E-state index contributed by atoms with van der Waals surface area (Å²) in [5.41, 5.74) is 11.7. The fourth-order valence-electron chi connectivity index (χ4n) is 4.97. The minimum absolute atomic E-state index is 0.218. The van der Waals surface area contributed by atoms with Gasteiger partial charge in [0.25, 0.3) is 0 Å². The lowest BCUT2D eigenvalue weighted by Crippen LogP contribution is -2.16. The van der Waals surface area contributed by atoms with Crippen molar-refractivity contribution in [3.05, 3.63) is 34.4 Å². The largest absolute Gasteiger partial charge is 0.481 e. The number of aliphatic carboxylic acids is 1. The molecule has 0 saturated heterocycles. The first kappa shape index (κ1) is 18.4. The minimum Gasteiger partial charge on any atom is -0.481 e. The molecule has 2 aliphatic rings. The highest BCUT2D eigenvalue weighted by molar-refractivity contribution is 5.67. The summed E-state index contributed by atoms with van der Waals surface area (Å²) in [7, 11) is 0. The number of carboxylic acid groups (broad SMARTS) is 1. The van der Waals surface area contributed by atoms with Crippen molar-refractivity contribution in [2.24, 2.45) is 5.73 Å². The Morgan fingerprint density at radius 1 is 0.920 bits per heavy atom. The van der Waals surface area contributed by atoms with Crippen molar-refractivity contribution < 1.29 is 9.90 Å². The van der Waals surface area contributed by atoms with Gasteiger partial charge in [-0.05, 0) is 66.2 Å². The third-order valence-corrected chi connectivity index (χ3v) is 6.30. The first-order valence-electron chi connectivity index (χ1n) is 10.3. The van der Waals surface area contributed by atoms with Crippen molar-refractivity contribution >= 4 is 5.97 Å². The van der Waals surface area contributed by atoms with Gasteiger partial charge in [0.1, 0.15) is 0 Å². The molecule has 1 aromatic rings. The van der Waals surface area contributed by atoms with E-state index in [2.05, 4.69) is 12.1 Å². The van der Waals surface area contributed by atoms with E-state index in [1.807, 2.05) is 0 Å². The molecule has 3 heteroatoms. The zero-order valence-electron chi connectivity index (χ0n) is 15.4. The number of carboxylic acids is 1. The molecule has 0 heterocycles. The molecule has 3 nitrogen and oxygen atoms in total. The molecule has 3 rings (SSSR count). The summed E-state index contributed by atoms with van der Waals surface area (Å²) in [5.74, 6) is 0.542. The first-order valence-corrected chi connectivity index (χ1v) is 10.3. The van der Waals surface area contributed by atoms with Crippen LogP contribution in [0.5, 0.6) is 0 Å². The van der Waals surface area contributed by atoms with Gasteiger partial charge in [0, 0.05) is 13.0 Å². The summed E-state index contributed by atoms with van der Waals surface area (Å²) >= 11 is 0. The van der Waals surface area contributed by atoms with Crippen LogP contribution >= 0.6 is 0 Å². The van der Waals surface area contributed by atoms with E-state index in [0.717, 1.165) is 0 Å². The van der Waals surface area contributed by atoms with Crippen molar-refractivity contribution in [3.8, 4) is 0 Å². The van der Waals surface area contributed by atoms with Crippen LogP contribution in [-0.2, 0) is 17.8 Å². The molecule has 0 radical (unpaired) electrons. The molecular formula is C22H33NO2. The van der Waals surface area contributed by atoms with Gasteiger partial charge >= 0.3 is 5.97 Å². The van der Waals surface area contributed by atoms with Gasteiger partial charge in [-0.3, -0.25) is 4.79 Å². The number of benzene rings is 1. The van der Waals surface area contributed by atoms with E-state index in [0.29, 0.717) is 24.8 Å². The lowest BCUT2D eigenvalue weighted by molar-refractivity contribution is -0.136. The summed E-state index contributed by atoms with van der Waals surface area (Å²) in [5, 5.41) is 9.09. The third kappa shape index (κ3) is 4.63. The molecule has 0 bridgehead atoms. The summed E-state index contributed by atoms with van der Waals surface area (Å²) < 4.78 is 0. The van der Waals surface area contributed by atoms with Crippen LogP contribution < -0.4 is 5.73 Å². The summed E-state index contributed by atoms with van der Waals surface area (Å²) in [6.45, 7) is 0.622. The van der Waals surface area contributed by atoms with Gasteiger partial charge in [-0.15, -0.1) is 0 Å². The highest BCUT2D eigenvalue weighted by Crippen LogP contribution is 2.41. The van der Waals surface area contributed by atoms with Crippen LogP contribution in [0.15, 0.2) is 12.1 Å². The Balaban J connectivity index is 1.97. The lowest BCUT2D eigenvalue weighted by atomic mass is 9.75. The van der Waals surface area contributed by atoms with Crippen molar-refractivity contribution in [1.82, 2.24) is 0 Å². The Hall–Kier alpha value is -1.35. The SMILES string of the molecule is NCc1c(C2CCCCC2)cc(CCC(=O)O)cc1C1CCCCC1. The summed E-state index contributed by atoms with van der Waals surface area (Å²) in [6.07, 6.45) is 13.9. The predicted molar refractivity (Wildman–Crippen MR) is 102 cm³/mol. The fourth-order valence-corrected chi connectivity index (χ4v) is 4.97. The Labute approximate surface area is 152 Å². The van der Waals surface area contributed by atoms with Crippen LogP contribution in [-0.4, -0.2) is 11.1 Å². The van der Waals surface area contributed by atoms with E-state index in [1.165, 1.54) is 86.5 Å². The zero-order chi connectivity index (χ0) is 17.6. The van der Waals surface area contributed by atoms with E-state index >= 15 is 0 Å². The monoisotopic (exact) mass is 343 g/mol. The first-order chi connectivity index (χ1) is 12.2. The fraction of sp³-hybridized carbons (Fsp3) is 0.682. The van der Waals surface area contributed by atoms with E-state index in [1.54, 1.807) is 0 Å². The molecule has 0 aliphatic heterocycles. The Bertz CT molecular complexity index is 545. The minimum atomic E-state index is -0.707. The van der Waals surface area contributed by atoms with Crippen molar-refractivity contribution in [1.29, 1.82) is 0 Å². The molecule has 0 aromatic heterocycles. The Morgan fingerprint density at radius 3 is 1.80 bits per heavy atom. The van der Waals surface area contributed by atoms with Crippen LogP contribution in [0.1, 0.15) is 105 Å². The van der Waals surface area contributed by atoms with Gasteiger partial charge < -0.3 is 10.8 Å². The van der Waals surface area contributed by atoms with Gasteiger partial charge in [-0.2, -0.15) is 0 Å². The Morgan fingerprint density at radius 2 is 1.40 bits per heavy atom. The van der Waals surface area contributed by atoms with E-state index in [-0.39, 0.29) is 6.42 Å². The maximum absolute atomic E-state index is 11.0. The second kappa shape index (κ2) is 8.84. The molecule has 0 spiro atoms. The summed E-state index contributed by atoms with van der Waals surface area (Å²) in [6, 6.07) is 4.60. The smallest absolute Gasteiger partial charge is 0.303 e. The van der Waals surface area contributed by atoms with Gasteiger partial charge in [-0.25, -0.2) is 0 Å². The zero-order valence-corrected chi connectivity index (χ0v) is 15.4. The average molecular weight is 344 g/mol. The molecular weight excluding hydrogens is 310 g/mol. The normalized spacial score (nSPS) is 19.9. The number of aryl methyl sites for hydroxylation is 1. The number of nitrogens with two attached hydrogens (primary N) is 1. The van der Waals surface area contributed by atoms with Gasteiger partial charge in [-0.1, -0.05) is 50.7 Å². The molecule has 2 aliphatic carbocycles. The average Bonchev–Trinajstić information content (AvgIpc) is 2.67. The Kier molecular flexibility index (Phi) is 6.52.